The largest absolute Gasteiger partial charge is 0.480 e. The van der Waals surface area contributed by atoms with Gasteiger partial charge in [-0.05, 0) is 13.3 Å². The minimum atomic E-state index is -1.14. The van der Waals surface area contributed by atoms with E-state index in [2.05, 4.69) is 11.9 Å². The summed E-state index contributed by atoms with van der Waals surface area (Å²) in [5.74, 6) is -1.61. The molecule has 0 aromatic heterocycles. The first-order valence-electron chi connectivity index (χ1n) is 5.27. The van der Waals surface area contributed by atoms with Gasteiger partial charge in [-0.3, -0.25) is 4.79 Å². The van der Waals surface area contributed by atoms with Crippen LogP contribution in [0.4, 0.5) is 0 Å². The van der Waals surface area contributed by atoms with E-state index in [0.717, 1.165) is 0 Å². The molecule has 0 aromatic carbocycles. The Kier molecular flexibility index (Phi) is 8.00. The van der Waals surface area contributed by atoms with Crippen LogP contribution in [0.15, 0.2) is 12.7 Å². The number of carbonyl (C=O) groups is 2. The SMILES string of the molecule is C=CCCOC(C)C(=O)NC(COC)C(=O)O. The number of hydrogen-bond donors (Lipinski definition) is 2. The quantitative estimate of drug-likeness (QED) is 0.447. The Morgan fingerprint density at radius 2 is 2.18 bits per heavy atom. The molecule has 0 aliphatic carbocycles. The number of methoxy groups -OCH3 is 1. The predicted molar refractivity (Wildman–Crippen MR) is 61.7 cm³/mol. The molecule has 6 nitrogen and oxygen atoms in total. The predicted octanol–water partition coefficient (Wildman–Crippen LogP) is 0.183. The molecule has 98 valence electrons. The Bertz CT molecular complexity index is 267. The van der Waals surface area contributed by atoms with Crippen molar-refractivity contribution in [3.05, 3.63) is 12.7 Å². The maximum Gasteiger partial charge on any atom is 0.328 e. The standard InChI is InChI=1S/C11H19NO5/c1-4-5-6-17-8(2)10(13)12-9(7-16-3)11(14)15/h4,8-9H,1,5-7H2,2-3H3,(H,12,13)(H,14,15). The highest BCUT2D eigenvalue weighted by atomic mass is 16.5. The van der Waals surface area contributed by atoms with E-state index in [4.69, 9.17) is 14.6 Å². The molecule has 6 heteroatoms. The molecule has 0 radical (unpaired) electrons. The van der Waals surface area contributed by atoms with Crippen LogP contribution in [0.1, 0.15) is 13.3 Å². The summed E-state index contributed by atoms with van der Waals surface area (Å²) >= 11 is 0. The van der Waals surface area contributed by atoms with E-state index >= 15 is 0 Å². The highest BCUT2D eigenvalue weighted by molar-refractivity contribution is 5.86. The van der Waals surface area contributed by atoms with Gasteiger partial charge in [0.05, 0.1) is 13.2 Å². The van der Waals surface area contributed by atoms with Gasteiger partial charge in [0.2, 0.25) is 5.91 Å². The molecule has 2 N–H and O–H groups in total. The summed E-state index contributed by atoms with van der Waals surface area (Å²) in [6, 6.07) is -1.06. The summed E-state index contributed by atoms with van der Waals surface area (Å²) in [6.07, 6.45) is 1.61. The zero-order valence-electron chi connectivity index (χ0n) is 10.1. The van der Waals surface area contributed by atoms with Crippen LogP contribution in [0.25, 0.3) is 0 Å². The summed E-state index contributed by atoms with van der Waals surface area (Å²) in [7, 11) is 1.37. The van der Waals surface area contributed by atoms with Crippen LogP contribution in [0.5, 0.6) is 0 Å². The molecule has 0 spiro atoms. The lowest BCUT2D eigenvalue weighted by atomic mass is 10.3. The van der Waals surface area contributed by atoms with Crippen molar-refractivity contribution in [2.75, 3.05) is 20.3 Å². The molecule has 0 heterocycles. The summed E-state index contributed by atoms with van der Waals surface area (Å²) < 4.78 is 9.88. The fourth-order valence-electron chi connectivity index (χ4n) is 1.03. The van der Waals surface area contributed by atoms with Crippen molar-refractivity contribution in [2.24, 2.45) is 0 Å². The van der Waals surface area contributed by atoms with Crippen molar-refractivity contribution in [1.29, 1.82) is 0 Å². The number of ether oxygens (including phenoxy) is 2. The Morgan fingerprint density at radius 3 is 2.65 bits per heavy atom. The van der Waals surface area contributed by atoms with Gasteiger partial charge in [-0.15, -0.1) is 6.58 Å². The molecular weight excluding hydrogens is 226 g/mol. The summed E-state index contributed by atoms with van der Waals surface area (Å²) in [6.45, 7) is 5.38. The van der Waals surface area contributed by atoms with Gasteiger partial charge in [0.25, 0.3) is 0 Å². The van der Waals surface area contributed by atoms with E-state index in [1.807, 2.05) is 0 Å². The molecule has 0 aliphatic rings. The molecule has 0 fully saturated rings. The lowest BCUT2D eigenvalue weighted by molar-refractivity contribution is -0.145. The third-order valence-corrected chi connectivity index (χ3v) is 2.01. The maximum absolute atomic E-state index is 11.5. The van der Waals surface area contributed by atoms with E-state index < -0.39 is 24.0 Å². The number of rotatable bonds is 9. The second-order valence-corrected chi connectivity index (χ2v) is 3.45. The van der Waals surface area contributed by atoms with Crippen molar-refractivity contribution in [3.63, 3.8) is 0 Å². The first-order valence-corrected chi connectivity index (χ1v) is 5.27. The number of nitrogens with one attached hydrogen (secondary N) is 1. The average molecular weight is 245 g/mol. The lowest BCUT2D eigenvalue weighted by Gasteiger charge is -2.17. The van der Waals surface area contributed by atoms with Crippen LogP contribution in [0.2, 0.25) is 0 Å². The number of carbonyl (C=O) groups excluding carboxylic acids is 1. The second-order valence-electron chi connectivity index (χ2n) is 3.45. The minimum absolute atomic E-state index is 0.0829. The molecule has 17 heavy (non-hydrogen) atoms. The van der Waals surface area contributed by atoms with Crippen molar-refractivity contribution in [2.45, 2.75) is 25.5 Å². The summed E-state index contributed by atoms with van der Waals surface area (Å²) in [5, 5.41) is 11.1. The van der Waals surface area contributed by atoms with Crippen LogP contribution in [0, 0.1) is 0 Å². The first kappa shape index (κ1) is 15.6. The van der Waals surface area contributed by atoms with E-state index in [1.54, 1.807) is 13.0 Å². The van der Waals surface area contributed by atoms with Crippen LogP contribution >= 0.6 is 0 Å². The van der Waals surface area contributed by atoms with Gasteiger partial charge in [0.15, 0.2) is 6.04 Å². The van der Waals surface area contributed by atoms with Gasteiger partial charge in [0, 0.05) is 7.11 Å². The summed E-state index contributed by atoms with van der Waals surface area (Å²) in [4.78, 5) is 22.3. The molecule has 0 rings (SSSR count). The van der Waals surface area contributed by atoms with Crippen molar-refractivity contribution < 1.29 is 24.2 Å². The fourth-order valence-corrected chi connectivity index (χ4v) is 1.03. The van der Waals surface area contributed by atoms with Crippen LogP contribution < -0.4 is 5.32 Å². The lowest BCUT2D eigenvalue weighted by Crippen LogP contribution is -2.47. The fraction of sp³-hybridized carbons (Fsp3) is 0.636. The monoisotopic (exact) mass is 245 g/mol. The molecule has 1 amide bonds. The van der Waals surface area contributed by atoms with Gasteiger partial charge >= 0.3 is 5.97 Å². The molecule has 2 unspecified atom stereocenters. The highest BCUT2D eigenvalue weighted by Gasteiger charge is 2.22. The molecule has 0 aliphatic heterocycles. The number of carboxylic acids is 1. The van der Waals surface area contributed by atoms with E-state index in [-0.39, 0.29) is 6.61 Å². The zero-order valence-corrected chi connectivity index (χ0v) is 10.1. The number of aliphatic carboxylic acids is 1. The number of hydrogen-bond acceptors (Lipinski definition) is 4. The first-order chi connectivity index (χ1) is 8.02. The third kappa shape index (κ3) is 6.70. The van der Waals surface area contributed by atoms with Gasteiger partial charge < -0.3 is 19.9 Å². The smallest absolute Gasteiger partial charge is 0.328 e. The zero-order chi connectivity index (χ0) is 13.3. The van der Waals surface area contributed by atoms with Crippen LogP contribution in [0.3, 0.4) is 0 Å². The van der Waals surface area contributed by atoms with Crippen molar-refractivity contribution >= 4 is 11.9 Å². The Balaban J connectivity index is 4.10. The normalized spacial score (nSPS) is 13.8. The van der Waals surface area contributed by atoms with Gasteiger partial charge in [-0.2, -0.15) is 0 Å². The molecule has 0 aromatic rings. The molecule has 0 saturated heterocycles. The van der Waals surface area contributed by atoms with Crippen LogP contribution in [-0.2, 0) is 19.1 Å². The minimum Gasteiger partial charge on any atom is -0.480 e. The molecular formula is C11H19NO5. The van der Waals surface area contributed by atoms with Gasteiger partial charge in [-0.25, -0.2) is 4.79 Å². The van der Waals surface area contributed by atoms with Crippen molar-refractivity contribution in [1.82, 2.24) is 5.32 Å². The Labute approximate surface area is 101 Å². The molecule has 0 saturated carbocycles. The maximum atomic E-state index is 11.5. The highest BCUT2D eigenvalue weighted by Crippen LogP contribution is 1.95. The van der Waals surface area contributed by atoms with E-state index in [9.17, 15) is 9.59 Å². The average Bonchev–Trinajstić information content (AvgIpc) is 2.28. The van der Waals surface area contributed by atoms with Crippen molar-refractivity contribution in [3.8, 4) is 0 Å². The van der Waals surface area contributed by atoms with E-state index in [1.165, 1.54) is 7.11 Å². The second kappa shape index (κ2) is 8.72. The summed E-state index contributed by atoms with van der Waals surface area (Å²) in [5.41, 5.74) is 0. The molecule has 0 bridgehead atoms. The number of carboxylic acid groups (broad SMARTS) is 1. The number of amides is 1. The van der Waals surface area contributed by atoms with E-state index in [0.29, 0.717) is 13.0 Å². The van der Waals surface area contributed by atoms with Gasteiger partial charge in [-0.1, -0.05) is 6.08 Å². The topological polar surface area (TPSA) is 84.9 Å². The molecule has 2 atom stereocenters. The Hall–Kier alpha value is -1.40. The van der Waals surface area contributed by atoms with Gasteiger partial charge in [0.1, 0.15) is 6.10 Å². The Morgan fingerprint density at radius 1 is 1.53 bits per heavy atom. The van der Waals surface area contributed by atoms with Crippen LogP contribution in [-0.4, -0.2) is 49.5 Å². The third-order valence-electron chi connectivity index (χ3n) is 2.01.